The summed E-state index contributed by atoms with van der Waals surface area (Å²) < 4.78 is 30.9. The Hall–Kier alpha value is -0.660. The summed E-state index contributed by atoms with van der Waals surface area (Å²) in [6.07, 6.45) is 7.38. The highest BCUT2D eigenvalue weighted by molar-refractivity contribution is 7.89. The second-order valence-electron chi connectivity index (χ2n) is 6.50. The monoisotopic (exact) mass is 346 g/mol. The van der Waals surface area contributed by atoms with E-state index in [9.17, 15) is 13.2 Å². The summed E-state index contributed by atoms with van der Waals surface area (Å²) in [7, 11) is -3.12. The van der Waals surface area contributed by atoms with Crippen molar-refractivity contribution in [3.05, 3.63) is 0 Å². The van der Waals surface area contributed by atoms with Gasteiger partial charge in [0.05, 0.1) is 11.9 Å². The van der Waals surface area contributed by atoms with Crippen molar-refractivity contribution < 1.29 is 17.9 Å². The van der Waals surface area contributed by atoms with Crippen LogP contribution in [0.15, 0.2) is 0 Å². The molecule has 0 spiro atoms. The zero-order valence-corrected chi connectivity index (χ0v) is 14.9. The van der Waals surface area contributed by atoms with E-state index in [1.165, 1.54) is 30.0 Å². The topological polar surface area (TPSA) is 75.7 Å². The maximum Gasteiger partial charge on any atom is 0.223 e. The highest BCUT2D eigenvalue weighted by atomic mass is 32.2. The fraction of sp³-hybridized carbons (Fsp3) is 0.938. The van der Waals surface area contributed by atoms with Crippen LogP contribution in [0.25, 0.3) is 0 Å². The van der Waals surface area contributed by atoms with E-state index in [0.29, 0.717) is 45.2 Å². The van der Waals surface area contributed by atoms with Crippen molar-refractivity contribution in [3.63, 3.8) is 0 Å². The molecule has 1 saturated carbocycles. The molecule has 2 aliphatic rings. The summed E-state index contributed by atoms with van der Waals surface area (Å²) in [4.78, 5) is 12.1. The molecule has 0 atom stereocenters. The molecule has 2 fully saturated rings. The minimum absolute atomic E-state index is 0.0550. The van der Waals surface area contributed by atoms with Gasteiger partial charge in [0.2, 0.25) is 15.9 Å². The zero-order chi connectivity index (χ0) is 16.7. The van der Waals surface area contributed by atoms with Crippen LogP contribution in [0.5, 0.6) is 0 Å². The number of nitrogens with zero attached hydrogens (tertiary/aromatic N) is 1. The predicted octanol–water partition coefficient (Wildman–Crippen LogP) is 1.51. The lowest BCUT2D eigenvalue weighted by molar-refractivity contribution is -0.126. The number of amides is 1. The largest absolute Gasteiger partial charge is 0.378 e. The minimum Gasteiger partial charge on any atom is -0.378 e. The molecule has 1 aliphatic carbocycles. The molecular formula is C16H30N2O4S. The number of rotatable bonds is 8. The normalized spacial score (nSPS) is 21.6. The van der Waals surface area contributed by atoms with Gasteiger partial charge in [-0.3, -0.25) is 4.79 Å². The molecular weight excluding hydrogens is 316 g/mol. The van der Waals surface area contributed by atoms with E-state index < -0.39 is 10.0 Å². The van der Waals surface area contributed by atoms with Crippen molar-refractivity contribution in [2.24, 2.45) is 5.92 Å². The third kappa shape index (κ3) is 5.72. The van der Waals surface area contributed by atoms with E-state index in [2.05, 4.69) is 5.32 Å². The first kappa shape index (κ1) is 18.7. The molecule has 0 unspecified atom stereocenters. The van der Waals surface area contributed by atoms with Crippen LogP contribution in [0, 0.1) is 5.92 Å². The summed E-state index contributed by atoms with van der Waals surface area (Å²) in [5.74, 6) is 0.124. The van der Waals surface area contributed by atoms with Crippen LogP contribution in [-0.4, -0.2) is 56.7 Å². The van der Waals surface area contributed by atoms with E-state index in [0.717, 1.165) is 6.42 Å². The number of sulfonamides is 1. The standard InChI is InChI=1S/C16H30N2O4S/c1-2-23(20,21)18-11-8-14(9-12-18)16(19)17-10-5-13-22-15-6-3-4-7-15/h14-15H,2-13H2,1H3,(H,17,19). The van der Waals surface area contributed by atoms with Crippen molar-refractivity contribution >= 4 is 15.9 Å². The number of carbonyl (C=O) groups is 1. The predicted molar refractivity (Wildman–Crippen MR) is 89.6 cm³/mol. The van der Waals surface area contributed by atoms with Crippen LogP contribution in [0.4, 0.5) is 0 Å². The molecule has 0 bridgehead atoms. The number of piperidine rings is 1. The molecule has 1 amide bonds. The molecule has 23 heavy (non-hydrogen) atoms. The van der Waals surface area contributed by atoms with Crippen molar-refractivity contribution in [2.75, 3.05) is 32.0 Å². The Kier molecular flexibility index (Phi) is 7.30. The smallest absolute Gasteiger partial charge is 0.223 e. The molecule has 2 rings (SSSR count). The maximum absolute atomic E-state index is 12.1. The number of nitrogens with one attached hydrogen (secondary N) is 1. The fourth-order valence-electron chi connectivity index (χ4n) is 3.31. The summed E-state index contributed by atoms with van der Waals surface area (Å²) >= 11 is 0. The summed E-state index contributed by atoms with van der Waals surface area (Å²) in [6, 6.07) is 0. The van der Waals surface area contributed by atoms with Gasteiger partial charge in [-0.2, -0.15) is 0 Å². The molecule has 1 heterocycles. The molecule has 1 saturated heterocycles. The van der Waals surface area contributed by atoms with Crippen molar-refractivity contribution in [2.45, 2.75) is 58.0 Å². The van der Waals surface area contributed by atoms with Crippen LogP contribution in [0.1, 0.15) is 51.9 Å². The van der Waals surface area contributed by atoms with Crippen LogP contribution in [0.3, 0.4) is 0 Å². The first-order chi connectivity index (χ1) is 11.0. The van der Waals surface area contributed by atoms with Gasteiger partial charge in [-0.15, -0.1) is 0 Å². The number of carbonyl (C=O) groups excluding carboxylic acids is 1. The van der Waals surface area contributed by atoms with Crippen molar-refractivity contribution in [3.8, 4) is 0 Å². The lowest BCUT2D eigenvalue weighted by Gasteiger charge is -2.30. The van der Waals surface area contributed by atoms with Gasteiger partial charge in [0.15, 0.2) is 0 Å². The second kappa shape index (κ2) is 8.99. The molecule has 0 aromatic heterocycles. The van der Waals surface area contributed by atoms with E-state index in [1.54, 1.807) is 6.92 Å². The van der Waals surface area contributed by atoms with Gasteiger partial charge in [-0.25, -0.2) is 12.7 Å². The zero-order valence-electron chi connectivity index (χ0n) is 14.1. The molecule has 7 heteroatoms. The number of ether oxygens (including phenoxy) is 1. The number of hydrogen-bond donors (Lipinski definition) is 1. The Morgan fingerprint density at radius 3 is 2.43 bits per heavy atom. The SMILES string of the molecule is CCS(=O)(=O)N1CCC(C(=O)NCCCOC2CCCC2)CC1. The first-order valence-corrected chi connectivity index (χ1v) is 10.5. The lowest BCUT2D eigenvalue weighted by atomic mass is 9.97. The average Bonchev–Trinajstić information content (AvgIpc) is 3.08. The van der Waals surface area contributed by atoms with E-state index in [-0.39, 0.29) is 17.6 Å². The molecule has 0 aromatic rings. The van der Waals surface area contributed by atoms with Gasteiger partial charge in [0, 0.05) is 32.2 Å². The maximum atomic E-state index is 12.1. The van der Waals surface area contributed by atoms with Crippen molar-refractivity contribution in [1.29, 1.82) is 0 Å². The van der Waals surface area contributed by atoms with E-state index in [1.807, 2.05) is 0 Å². The van der Waals surface area contributed by atoms with Gasteiger partial charge >= 0.3 is 0 Å². The number of hydrogen-bond acceptors (Lipinski definition) is 4. The van der Waals surface area contributed by atoms with E-state index >= 15 is 0 Å². The Morgan fingerprint density at radius 2 is 1.83 bits per heavy atom. The van der Waals surface area contributed by atoms with Gasteiger partial charge < -0.3 is 10.1 Å². The summed E-state index contributed by atoms with van der Waals surface area (Å²) in [5.41, 5.74) is 0. The molecule has 0 aromatic carbocycles. The second-order valence-corrected chi connectivity index (χ2v) is 8.75. The Bertz CT molecular complexity index is 466. The summed E-state index contributed by atoms with van der Waals surface area (Å²) in [5, 5.41) is 2.96. The van der Waals surface area contributed by atoms with Crippen LogP contribution >= 0.6 is 0 Å². The molecule has 6 nitrogen and oxygen atoms in total. The first-order valence-electron chi connectivity index (χ1n) is 8.90. The lowest BCUT2D eigenvalue weighted by Crippen LogP contribution is -2.43. The summed E-state index contributed by atoms with van der Waals surface area (Å²) in [6.45, 7) is 3.91. The van der Waals surface area contributed by atoms with Crippen LogP contribution < -0.4 is 5.32 Å². The minimum atomic E-state index is -3.12. The Morgan fingerprint density at radius 1 is 1.17 bits per heavy atom. The molecule has 1 aliphatic heterocycles. The fourth-order valence-corrected chi connectivity index (χ4v) is 4.44. The quantitative estimate of drug-likeness (QED) is 0.676. The van der Waals surface area contributed by atoms with Crippen LogP contribution in [0.2, 0.25) is 0 Å². The van der Waals surface area contributed by atoms with Gasteiger partial charge in [-0.1, -0.05) is 12.8 Å². The Labute approximate surface area is 140 Å². The van der Waals surface area contributed by atoms with Gasteiger partial charge in [-0.05, 0) is 39.0 Å². The van der Waals surface area contributed by atoms with Gasteiger partial charge in [0.1, 0.15) is 0 Å². The van der Waals surface area contributed by atoms with Gasteiger partial charge in [0.25, 0.3) is 0 Å². The third-order valence-corrected chi connectivity index (χ3v) is 6.74. The van der Waals surface area contributed by atoms with E-state index in [4.69, 9.17) is 4.74 Å². The average molecular weight is 346 g/mol. The molecule has 1 N–H and O–H groups in total. The van der Waals surface area contributed by atoms with Crippen molar-refractivity contribution in [1.82, 2.24) is 9.62 Å². The highest BCUT2D eigenvalue weighted by Gasteiger charge is 2.29. The molecule has 0 radical (unpaired) electrons. The Balaban J connectivity index is 1.58. The highest BCUT2D eigenvalue weighted by Crippen LogP contribution is 2.21. The third-order valence-electron chi connectivity index (χ3n) is 4.86. The van der Waals surface area contributed by atoms with Crippen LogP contribution in [-0.2, 0) is 19.6 Å². The molecule has 134 valence electrons.